The minimum absolute atomic E-state index is 0.0418. The number of carbonyl (C=O) groups excluding carboxylic acids is 1. The largest absolute Gasteiger partial charge is 0.423 e. The number of aromatic nitrogens is 3. The topological polar surface area (TPSA) is 124 Å². The Balaban J connectivity index is 1.51. The van der Waals surface area contributed by atoms with E-state index < -0.39 is 28.1 Å². The lowest BCUT2D eigenvalue weighted by molar-refractivity contribution is -0.384. The van der Waals surface area contributed by atoms with Crippen LogP contribution in [0.25, 0.3) is 0 Å². The van der Waals surface area contributed by atoms with Crippen LogP contribution in [0.5, 0.6) is 5.75 Å². The Labute approximate surface area is 227 Å². The monoisotopic (exact) mass is 549 g/mol. The maximum atomic E-state index is 14.8. The van der Waals surface area contributed by atoms with Gasteiger partial charge < -0.3 is 9.84 Å². The summed E-state index contributed by atoms with van der Waals surface area (Å²) in [6.07, 6.45) is 4.30. The van der Waals surface area contributed by atoms with Crippen LogP contribution in [0.3, 0.4) is 0 Å². The quantitative estimate of drug-likeness (QED) is 0.0914. The summed E-state index contributed by atoms with van der Waals surface area (Å²) in [4.78, 5) is 28.6. The van der Waals surface area contributed by atoms with Crippen LogP contribution >= 0.6 is 0 Å². The Bertz CT molecular complexity index is 1500. The van der Waals surface area contributed by atoms with Crippen molar-refractivity contribution in [1.29, 1.82) is 0 Å². The van der Waals surface area contributed by atoms with Crippen molar-refractivity contribution in [2.24, 2.45) is 0 Å². The molecule has 0 spiro atoms. The zero-order valence-corrected chi connectivity index (χ0v) is 21.2. The van der Waals surface area contributed by atoms with E-state index in [1.807, 2.05) is 4.90 Å². The number of halogens is 2. The lowest BCUT2D eigenvalue weighted by Crippen LogP contribution is -2.44. The number of benzene rings is 3. The highest BCUT2D eigenvalue weighted by atomic mass is 19.1. The van der Waals surface area contributed by atoms with Crippen LogP contribution < -0.4 is 4.74 Å². The van der Waals surface area contributed by atoms with Crippen molar-refractivity contribution in [3.05, 3.63) is 130 Å². The van der Waals surface area contributed by atoms with Crippen molar-refractivity contribution >= 4 is 11.7 Å². The van der Waals surface area contributed by atoms with Crippen molar-refractivity contribution in [2.45, 2.75) is 18.7 Å². The molecule has 0 bridgehead atoms. The summed E-state index contributed by atoms with van der Waals surface area (Å²) in [7, 11) is 0. The first kappa shape index (κ1) is 28.2. The van der Waals surface area contributed by atoms with Crippen molar-refractivity contribution in [2.75, 3.05) is 13.1 Å². The zero-order valence-electron chi connectivity index (χ0n) is 21.2. The number of rotatable bonds is 12. The van der Waals surface area contributed by atoms with E-state index in [-0.39, 0.29) is 42.2 Å². The summed E-state index contributed by atoms with van der Waals surface area (Å²) in [5.41, 5.74) is -1.13. The van der Waals surface area contributed by atoms with Crippen LogP contribution in [0, 0.1) is 21.7 Å². The van der Waals surface area contributed by atoms with Gasteiger partial charge in [-0.05, 0) is 29.8 Å². The second-order valence-electron chi connectivity index (χ2n) is 9.05. The second kappa shape index (κ2) is 12.4. The molecule has 0 aliphatic rings. The predicted octanol–water partition coefficient (Wildman–Crippen LogP) is 4.26. The standard InChI is InChI=1S/C28H25F2N5O5/c1-2-12-33(16-28(37,17-34-19-31-18-32-34)25-11-10-22(29)13-26(25)30)15-20-6-8-21(9-7-20)27(36)40-24-5-3-4-23(14-24)35(38)39/h2-11,13-14,18-19,37H,1,12,15-17H2. The molecule has 12 heteroatoms. The summed E-state index contributed by atoms with van der Waals surface area (Å²) in [5.74, 6) is -2.31. The molecule has 1 heterocycles. The molecule has 0 saturated carbocycles. The van der Waals surface area contributed by atoms with Gasteiger partial charge in [-0.25, -0.2) is 23.2 Å². The Morgan fingerprint density at radius 1 is 1.18 bits per heavy atom. The zero-order chi connectivity index (χ0) is 28.7. The minimum Gasteiger partial charge on any atom is -0.423 e. The highest BCUT2D eigenvalue weighted by Gasteiger charge is 2.35. The maximum absolute atomic E-state index is 14.8. The van der Waals surface area contributed by atoms with Gasteiger partial charge in [-0.2, -0.15) is 5.10 Å². The van der Waals surface area contributed by atoms with Crippen molar-refractivity contribution in [1.82, 2.24) is 19.7 Å². The lowest BCUT2D eigenvalue weighted by atomic mass is 9.92. The number of hydrogen-bond donors (Lipinski definition) is 1. The number of hydrogen-bond acceptors (Lipinski definition) is 8. The molecule has 4 rings (SSSR count). The van der Waals surface area contributed by atoms with E-state index in [0.29, 0.717) is 12.6 Å². The number of esters is 1. The fourth-order valence-electron chi connectivity index (χ4n) is 4.24. The number of ether oxygens (including phenoxy) is 1. The van der Waals surface area contributed by atoms with Gasteiger partial charge in [0.2, 0.25) is 0 Å². The van der Waals surface area contributed by atoms with Gasteiger partial charge in [0.1, 0.15) is 35.6 Å². The van der Waals surface area contributed by atoms with Crippen LogP contribution in [0.4, 0.5) is 14.5 Å². The number of carbonyl (C=O) groups is 1. The van der Waals surface area contributed by atoms with E-state index in [2.05, 4.69) is 16.7 Å². The van der Waals surface area contributed by atoms with Crippen molar-refractivity contribution in [3.8, 4) is 5.75 Å². The van der Waals surface area contributed by atoms with Crippen LogP contribution in [0.15, 0.2) is 92.0 Å². The summed E-state index contributed by atoms with van der Waals surface area (Å²) in [6.45, 7) is 4.15. The molecule has 4 aromatic rings. The fraction of sp³-hybridized carbons (Fsp3) is 0.179. The van der Waals surface area contributed by atoms with Crippen LogP contribution in [0.2, 0.25) is 0 Å². The van der Waals surface area contributed by atoms with Gasteiger partial charge in [-0.3, -0.25) is 15.0 Å². The number of aliphatic hydroxyl groups is 1. The average molecular weight is 550 g/mol. The Morgan fingerprint density at radius 3 is 2.60 bits per heavy atom. The van der Waals surface area contributed by atoms with E-state index in [1.165, 1.54) is 41.6 Å². The molecule has 1 aromatic heterocycles. The predicted molar refractivity (Wildman–Crippen MR) is 140 cm³/mol. The third kappa shape index (κ3) is 6.98. The number of nitrogens with zero attached hydrogens (tertiary/aromatic N) is 5. The molecule has 0 aliphatic heterocycles. The van der Waals surface area contributed by atoms with Crippen LogP contribution in [-0.4, -0.2) is 48.8 Å². The van der Waals surface area contributed by atoms with Gasteiger partial charge in [0, 0.05) is 37.3 Å². The molecule has 40 heavy (non-hydrogen) atoms. The molecule has 0 aliphatic carbocycles. The molecule has 0 radical (unpaired) electrons. The molecule has 1 atom stereocenters. The van der Waals surface area contributed by atoms with Crippen molar-refractivity contribution < 1.29 is 28.3 Å². The molecule has 206 valence electrons. The molecular formula is C28H25F2N5O5. The van der Waals surface area contributed by atoms with Crippen molar-refractivity contribution in [3.63, 3.8) is 0 Å². The molecule has 3 aromatic carbocycles. The normalized spacial score (nSPS) is 12.6. The summed E-state index contributed by atoms with van der Waals surface area (Å²) < 4.78 is 35.0. The average Bonchev–Trinajstić information content (AvgIpc) is 3.42. The SMILES string of the molecule is C=CCN(Cc1ccc(C(=O)Oc2cccc([N+](=O)[O-])c2)cc1)CC(O)(Cn1cncn1)c1ccc(F)cc1F. The van der Waals surface area contributed by atoms with Gasteiger partial charge in [-0.15, -0.1) is 6.58 Å². The smallest absolute Gasteiger partial charge is 0.343 e. The first-order chi connectivity index (χ1) is 19.2. The Morgan fingerprint density at radius 2 is 1.95 bits per heavy atom. The molecule has 1 N–H and O–H groups in total. The highest BCUT2D eigenvalue weighted by molar-refractivity contribution is 5.91. The molecule has 0 saturated heterocycles. The van der Waals surface area contributed by atoms with Crippen LogP contribution in [-0.2, 0) is 18.7 Å². The van der Waals surface area contributed by atoms with Gasteiger partial charge in [0.05, 0.1) is 23.1 Å². The molecule has 1 unspecified atom stereocenters. The third-order valence-corrected chi connectivity index (χ3v) is 6.03. The fourth-order valence-corrected chi connectivity index (χ4v) is 4.24. The van der Waals surface area contributed by atoms with E-state index in [0.717, 1.165) is 17.7 Å². The summed E-state index contributed by atoms with van der Waals surface area (Å²) in [6, 6.07) is 14.8. The number of non-ortho nitro benzene ring substituents is 1. The second-order valence-corrected chi connectivity index (χ2v) is 9.05. The Hall–Kier alpha value is -4.81. The summed E-state index contributed by atoms with van der Waals surface area (Å²) in [5, 5.41) is 26.7. The van der Waals surface area contributed by atoms with Gasteiger partial charge in [0.15, 0.2) is 0 Å². The van der Waals surface area contributed by atoms with E-state index in [1.54, 1.807) is 30.3 Å². The molecule has 0 amide bonds. The maximum Gasteiger partial charge on any atom is 0.343 e. The van der Waals surface area contributed by atoms with E-state index in [4.69, 9.17) is 4.74 Å². The molecule has 0 fully saturated rings. The van der Waals surface area contributed by atoms with E-state index in [9.17, 15) is 28.8 Å². The third-order valence-electron chi connectivity index (χ3n) is 6.03. The first-order valence-corrected chi connectivity index (χ1v) is 12.1. The molecular weight excluding hydrogens is 524 g/mol. The van der Waals surface area contributed by atoms with Gasteiger partial charge in [0.25, 0.3) is 5.69 Å². The Kier molecular flexibility index (Phi) is 8.72. The first-order valence-electron chi connectivity index (χ1n) is 12.1. The molecule has 10 nitrogen and oxygen atoms in total. The minimum atomic E-state index is -1.81. The van der Waals surface area contributed by atoms with E-state index >= 15 is 0 Å². The number of nitro benzene ring substituents is 1. The highest BCUT2D eigenvalue weighted by Crippen LogP contribution is 2.28. The number of nitro groups is 1. The van der Waals surface area contributed by atoms with Crippen LogP contribution in [0.1, 0.15) is 21.5 Å². The van der Waals surface area contributed by atoms with Gasteiger partial charge >= 0.3 is 5.97 Å². The van der Waals surface area contributed by atoms with Gasteiger partial charge in [-0.1, -0.05) is 30.3 Å². The lowest BCUT2D eigenvalue weighted by Gasteiger charge is -2.34. The summed E-state index contributed by atoms with van der Waals surface area (Å²) >= 11 is 0.